The van der Waals surface area contributed by atoms with Crippen LogP contribution in [0.4, 0.5) is 8.78 Å². The van der Waals surface area contributed by atoms with Gasteiger partial charge in [-0.1, -0.05) is 13.8 Å². The van der Waals surface area contributed by atoms with E-state index in [1.54, 1.807) is 0 Å². The second-order valence-corrected chi connectivity index (χ2v) is 6.60. The van der Waals surface area contributed by atoms with E-state index >= 15 is 0 Å². The molecule has 0 spiro atoms. The molecule has 4 heteroatoms. The monoisotopic (exact) mass is 273 g/mol. The molecular formula is C14H21F2NS. The van der Waals surface area contributed by atoms with Crippen molar-refractivity contribution in [2.24, 2.45) is 0 Å². The standard InChI is InChI=1S/C14H21F2NS/c1-5-14(3,4)17-9-10(2)18-13-8-11(15)6-7-12(13)16/h6-8,10,17H,5,9H2,1-4H3. The SMILES string of the molecule is CCC(C)(C)NCC(C)Sc1cc(F)ccc1F. The van der Waals surface area contributed by atoms with Crippen LogP contribution in [-0.2, 0) is 0 Å². The zero-order valence-corrected chi connectivity index (χ0v) is 12.2. The smallest absolute Gasteiger partial charge is 0.136 e. The van der Waals surface area contributed by atoms with E-state index in [9.17, 15) is 8.78 Å². The van der Waals surface area contributed by atoms with E-state index in [-0.39, 0.29) is 16.6 Å². The van der Waals surface area contributed by atoms with Gasteiger partial charge in [-0.3, -0.25) is 0 Å². The molecule has 18 heavy (non-hydrogen) atoms. The molecular weight excluding hydrogens is 252 g/mol. The number of benzene rings is 1. The maximum atomic E-state index is 13.5. The highest BCUT2D eigenvalue weighted by Crippen LogP contribution is 2.26. The Kier molecular flexibility index (Phi) is 5.60. The molecule has 1 unspecified atom stereocenters. The minimum absolute atomic E-state index is 0.0787. The molecule has 0 aliphatic carbocycles. The third-order valence-corrected chi connectivity index (χ3v) is 4.11. The van der Waals surface area contributed by atoms with Crippen LogP contribution < -0.4 is 5.32 Å². The highest BCUT2D eigenvalue weighted by atomic mass is 32.2. The van der Waals surface area contributed by atoms with Crippen molar-refractivity contribution in [3.63, 3.8) is 0 Å². The Morgan fingerprint density at radius 1 is 1.33 bits per heavy atom. The van der Waals surface area contributed by atoms with Crippen LogP contribution in [-0.4, -0.2) is 17.3 Å². The third-order valence-electron chi connectivity index (χ3n) is 2.97. The minimum atomic E-state index is -0.395. The zero-order chi connectivity index (χ0) is 13.8. The van der Waals surface area contributed by atoms with E-state index in [0.717, 1.165) is 19.0 Å². The minimum Gasteiger partial charge on any atom is -0.311 e. The molecule has 0 aliphatic rings. The summed E-state index contributed by atoms with van der Waals surface area (Å²) in [5.74, 6) is -0.754. The van der Waals surface area contributed by atoms with Crippen LogP contribution in [0.2, 0.25) is 0 Å². The van der Waals surface area contributed by atoms with Gasteiger partial charge in [-0.2, -0.15) is 0 Å². The van der Waals surface area contributed by atoms with Gasteiger partial charge < -0.3 is 5.32 Å². The molecule has 1 aromatic rings. The molecule has 102 valence electrons. The van der Waals surface area contributed by atoms with Crippen LogP contribution in [0.5, 0.6) is 0 Å². The lowest BCUT2D eigenvalue weighted by atomic mass is 10.0. The van der Waals surface area contributed by atoms with Crippen LogP contribution in [0.1, 0.15) is 34.1 Å². The van der Waals surface area contributed by atoms with Crippen molar-refractivity contribution >= 4 is 11.8 Å². The number of hydrogen-bond acceptors (Lipinski definition) is 2. The van der Waals surface area contributed by atoms with Gasteiger partial charge in [0.05, 0.1) is 0 Å². The molecule has 1 atom stereocenters. The first kappa shape index (κ1) is 15.4. The van der Waals surface area contributed by atoms with E-state index in [1.807, 2.05) is 6.92 Å². The Labute approximate surface area is 112 Å². The summed E-state index contributed by atoms with van der Waals surface area (Å²) < 4.78 is 26.5. The van der Waals surface area contributed by atoms with Crippen molar-refractivity contribution in [3.8, 4) is 0 Å². The zero-order valence-electron chi connectivity index (χ0n) is 11.4. The number of hydrogen-bond donors (Lipinski definition) is 1. The molecule has 0 saturated heterocycles. The van der Waals surface area contributed by atoms with Crippen molar-refractivity contribution in [1.82, 2.24) is 5.32 Å². The molecule has 0 radical (unpaired) electrons. The van der Waals surface area contributed by atoms with Gasteiger partial charge >= 0.3 is 0 Å². The maximum Gasteiger partial charge on any atom is 0.136 e. The van der Waals surface area contributed by atoms with Crippen LogP contribution in [0.25, 0.3) is 0 Å². The second-order valence-electron chi connectivity index (χ2n) is 5.12. The molecule has 0 amide bonds. The van der Waals surface area contributed by atoms with E-state index in [0.29, 0.717) is 4.90 Å². The molecule has 0 bridgehead atoms. The van der Waals surface area contributed by atoms with Gasteiger partial charge in [0.25, 0.3) is 0 Å². The van der Waals surface area contributed by atoms with Crippen LogP contribution in [0.3, 0.4) is 0 Å². The predicted molar refractivity (Wildman–Crippen MR) is 74.0 cm³/mol. The fourth-order valence-corrected chi connectivity index (χ4v) is 2.33. The topological polar surface area (TPSA) is 12.0 Å². The number of rotatable bonds is 6. The summed E-state index contributed by atoms with van der Waals surface area (Å²) in [6.45, 7) is 9.16. The highest BCUT2D eigenvalue weighted by Gasteiger charge is 2.16. The van der Waals surface area contributed by atoms with Gasteiger partial charge in [-0.25, -0.2) is 8.78 Å². The molecule has 0 aromatic heterocycles. The summed E-state index contributed by atoms with van der Waals surface area (Å²) in [6, 6.07) is 3.57. The third kappa shape index (κ3) is 4.94. The van der Waals surface area contributed by atoms with Crippen molar-refractivity contribution in [3.05, 3.63) is 29.8 Å². The first-order valence-corrected chi connectivity index (χ1v) is 7.09. The van der Waals surface area contributed by atoms with Gasteiger partial charge in [-0.05, 0) is 38.5 Å². The van der Waals surface area contributed by atoms with Gasteiger partial charge in [0.2, 0.25) is 0 Å². The number of nitrogens with one attached hydrogen (secondary N) is 1. The lowest BCUT2D eigenvalue weighted by Crippen LogP contribution is -2.41. The van der Waals surface area contributed by atoms with Gasteiger partial charge in [0, 0.05) is 22.2 Å². The average Bonchev–Trinajstić information content (AvgIpc) is 2.31. The highest BCUT2D eigenvalue weighted by molar-refractivity contribution is 8.00. The molecule has 1 aromatic carbocycles. The molecule has 1 nitrogen and oxygen atoms in total. The molecule has 1 N–H and O–H groups in total. The Bertz CT molecular complexity index is 393. The molecule has 0 aliphatic heterocycles. The molecule has 0 saturated carbocycles. The summed E-state index contributed by atoms with van der Waals surface area (Å²) >= 11 is 1.36. The van der Waals surface area contributed by atoms with Crippen molar-refractivity contribution in [2.45, 2.75) is 49.8 Å². The lowest BCUT2D eigenvalue weighted by Gasteiger charge is -2.26. The largest absolute Gasteiger partial charge is 0.311 e. The first-order valence-electron chi connectivity index (χ1n) is 6.21. The Balaban J connectivity index is 2.54. The maximum absolute atomic E-state index is 13.5. The van der Waals surface area contributed by atoms with Crippen molar-refractivity contribution in [2.75, 3.05) is 6.54 Å². The molecule has 0 fully saturated rings. The Hall–Kier alpha value is -0.610. The number of halogens is 2. The Morgan fingerprint density at radius 2 is 2.00 bits per heavy atom. The summed E-state index contributed by atoms with van der Waals surface area (Å²) in [4.78, 5) is 0.374. The van der Waals surface area contributed by atoms with Crippen molar-refractivity contribution < 1.29 is 8.78 Å². The summed E-state index contributed by atoms with van der Waals surface area (Å²) in [5.41, 5.74) is 0.0787. The predicted octanol–water partition coefficient (Wildman–Crippen LogP) is 4.22. The van der Waals surface area contributed by atoms with Crippen LogP contribution >= 0.6 is 11.8 Å². The van der Waals surface area contributed by atoms with Gasteiger partial charge in [0.1, 0.15) is 11.6 Å². The molecule has 1 rings (SSSR count). The second kappa shape index (κ2) is 6.53. The lowest BCUT2D eigenvalue weighted by molar-refractivity contribution is 0.379. The summed E-state index contributed by atoms with van der Waals surface area (Å²) in [7, 11) is 0. The van der Waals surface area contributed by atoms with E-state index in [1.165, 1.54) is 23.9 Å². The summed E-state index contributed by atoms with van der Waals surface area (Å²) in [5, 5.41) is 3.61. The van der Waals surface area contributed by atoms with Crippen LogP contribution in [0, 0.1) is 11.6 Å². The molecule has 0 heterocycles. The summed E-state index contributed by atoms with van der Waals surface area (Å²) in [6.07, 6.45) is 1.03. The van der Waals surface area contributed by atoms with Gasteiger partial charge in [-0.15, -0.1) is 11.8 Å². The quantitative estimate of drug-likeness (QED) is 0.779. The van der Waals surface area contributed by atoms with Crippen LogP contribution in [0.15, 0.2) is 23.1 Å². The number of thioether (sulfide) groups is 1. The van der Waals surface area contributed by atoms with Crippen molar-refractivity contribution in [1.29, 1.82) is 0 Å². The fraction of sp³-hybridized carbons (Fsp3) is 0.571. The van der Waals surface area contributed by atoms with Gasteiger partial charge in [0.15, 0.2) is 0 Å². The van der Waals surface area contributed by atoms with E-state index < -0.39 is 5.82 Å². The van der Waals surface area contributed by atoms with E-state index in [4.69, 9.17) is 0 Å². The normalized spacial score (nSPS) is 13.7. The first-order chi connectivity index (χ1) is 8.34. The average molecular weight is 273 g/mol. The van der Waals surface area contributed by atoms with E-state index in [2.05, 4.69) is 26.1 Å². The Morgan fingerprint density at radius 3 is 2.61 bits per heavy atom. The fourth-order valence-electron chi connectivity index (χ4n) is 1.37.